The Morgan fingerprint density at radius 1 is 1.30 bits per heavy atom. The first-order chi connectivity index (χ1) is 4.31. The highest BCUT2D eigenvalue weighted by molar-refractivity contribution is 7.97. The normalized spacial score (nSPS) is 13.5. The number of alkyl halides is 3. The molecular weight excluding hydrogens is 195 g/mol. The van der Waals surface area contributed by atoms with Crippen LogP contribution in [-0.2, 0) is 21.9 Å². The van der Waals surface area contributed by atoms with E-state index >= 15 is 0 Å². The summed E-state index contributed by atoms with van der Waals surface area (Å²) in [5, 5.41) is 0. The quantitative estimate of drug-likeness (QED) is 0.574. The maximum atomic E-state index is 11.2. The zero-order valence-corrected chi connectivity index (χ0v) is 5.93. The molecule has 4 nitrogen and oxygen atoms in total. The van der Waals surface area contributed by atoms with Crippen LogP contribution in [0.15, 0.2) is 0 Å². The van der Waals surface area contributed by atoms with Gasteiger partial charge in [0.1, 0.15) is 0 Å². The lowest BCUT2D eigenvalue weighted by Gasteiger charge is -2.03. The van der Waals surface area contributed by atoms with Crippen molar-refractivity contribution in [2.24, 2.45) is 0 Å². The van der Waals surface area contributed by atoms with E-state index in [2.05, 4.69) is 0 Å². The largest absolute Gasteiger partial charge is 0.512 e. The van der Waals surface area contributed by atoms with Crippen LogP contribution >= 0.6 is 0 Å². The highest BCUT2D eigenvalue weighted by Gasteiger charge is 2.45. The summed E-state index contributed by atoms with van der Waals surface area (Å²) in [4.78, 5) is 0. The smallest absolute Gasteiger partial charge is 0.245 e. The van der Waals surface area contributed by atoms with Crippen LogP contribution in [0.5, 0.6) is 0 Å². The van der Waals surface area contributed by atoms with Gasteiger partial charge in [0.05, 0.1) is 11.9 Å². The summed E-state index contributed by atoms with van der Waals surface area (Å²) in [6.07, 6.45) is 0. The standard InChI is InChI=1S/CH2F3NO3S2/c2-1(3,4)10(7,8)5-9-6/h9H,(H,5,6). The molecule has 0 heterocycles. The number of rotatable bonds is 2. The van der Waals surface area contributed by atoms with Crippen molar-refractivity contribution < 1.29 is 25.8 Å². The van der Waals surface area contributed by atoms with E-state index in [1.165, 1.54) is 0 Å². The second-order valence-electron chi connectivity index (χ2n) is 1.13. The van der Waals surface area contributed by atoms with Crippen molar-refractivity contribution in [1.82, 2.24) is 4.13 Å². The van der Waals surface area contributed by atoms with Gasteiger partial charge in [0, 0.05) is 0 Å². The Morgan fingerprint density at radius 2 is 1.70 bits per heavy atom. The molecule has 0 unspecified atom stereocenters. The van der Waals surface area contributed by atoms with Gasteiger partial charge >= 0.3 is 15.5 Å². The zero-order chi connectivity index (χ0) is 8.41. The molecule has 1 N–H and O–H groups in total. The molecule has 10 heavy (non-hydrogen) atoms. The van der Waals surface area contributed by atoms with Gasteiger partial charge in [-0.25, -0.2) is 12.6 Å². The lowest BCUT2D eigenvalue weighted by molar-refractivity contribution is -0.0440. The van der Waals surface area contributed by atoms with Gasteiger partial charge in [-0.15, -0.1) is 4.13 Å². The minimum atomic E-state index is -5.42. The van der Waals surface area contributed by atoms with Gasteiger partial charge in [0.2, 0.25) is 0 Å². The number of nitrogens with one attached hydrogen (secondary N) is 1. The molecule has 0 aliphatic carbocycles. The van der Waals surface area contributed by atoms with E-state index in [4.69, 9.17) is 0 Å². The Morgan fingerprint density at radius 3 is 1.80 bits per heavy atom. The number of halogens is 3. The predicted octanol–water partition coefficient (Wildman–Crippen LogP) is -0.714. The lowest BCUT2D eigenvalue weighted by atomic mass is 11.6. The van der Waals surface area contributed by atoms with Crippen LogP contribution in [0, 0.1) is 0 Å². The van der Waals surface area contributed by atoms with Gasteiger partial charge in [0.25, 0.3) is 0 Å². The third-order valence-electron chi connectivity index (χ3n) is 0.462. The van der Waals surface area contributed by atoms with Crippen LogP contribution in [0.2, 0.25) is 0 Å². The Bertz CT molecular complexity index is 216. The highest BCUT2D eigenvalue weighted by atomic mass is 32.3. The Labute approximate surface area is 58.1 Å². The van der Waals surface area contributed by atoms with E-state index in [0.717, 1.165) is 4.13 Å². The molecule has 0 aromatic carbocycles. The van der Waals surface area contributed by atoms with Gasteiger partial charge in [-0.3, -0.25) is 0 Å². The molecule has 0 aromatic heterocycles. The molecule has 0 fully saturated rings. The average molecular weight is 197 g/mol. The zero-order valence-electron chi connectivity index (χ0n) is 4.21. The molecule has 62 valence electrons. The second-order valence-corrected chi connectivity index (χ2v) is 3.51. The summed E-state index contributed by atoms with van der Waals surface area (Å²) in [7, 11) is -5.42. The van der Waals surface area contributed by atoms with Gasteiger partial charge in [-0.1, -0.05) is 0 Å². The van der Waals surface area contributed by atoms with E-state index in [0.29, 0.717) is 0 Å². The minimum absolute atomic E-state index is 0.726. The third kappa shape index (κ3) is 2.23. The van der Waals surface area contributed by atoms with E-state index in [9.17, 15) is 25.8 Å². The van der Waals surface area contributed by atoms with Crippen LogP contribution in [0.1, 0.15) is 0 Å². The average Bonchev–Trinajstić information content (AvgIpc) is 1.61. The van der Waals surface area contributed by atoms with E-state index < -0.39 is 27.4 Å². The molecular formula is CH2F3NO3S2. The van der Waals surface area contributed by atoms with Gasteiger partial charge in [-0.05, 0) is 0 Å². The number of hydrogen-bond donors (Lipinski definition) is 2. The lowest BCUT2D eigenvalue weighted by Crippen LogP contribution is -2.33. The Balaban J connectivity index is 4.59. The summed E-state index contributed by atoms with van der Waals surface area (Å²) in [5.74, 6) is 0. The van der Waals surface area contributed by atoms with Crippen LogP contribution < -0.4 is 4.13 Å². The molecule has 0 bridgehead atoms. The molecule has 0 spiro atoms. The van der Waals surface area contributed by atoms with Crippen molar-refractivity contribution >= 4 is 21.9 Å². The van der Waals surface area contributed by atoms with Gasteiger partial charge in [-0.2, -0.15) is 13.2 Å². The van der Waals surface area contributed by atoms with Crippen molar-refractivity contribution in [2.45, 2.75) is 5.51 Å². The molecule has 0 atom stereocenters. The van der Waals surface area contributed by atoms with Crippen molar-refractivity contribution in [3.8, 4) is 0 Å². The fourth-order valence-electron chi connectivity index (χ4n) is 0.101. The Kier molecular flexibility index (Phi) is 2.80. The molecule has 0 aliphatic heterocycles. The Hall–Kier alpha value is -0.150. The minimum Gasteiger partial charge on any atom is -0.245 e. The van der Waals surface area contributed by atoms with Crippen LogP contribution in [0.3, 0.4) is 0 Å². The van der Waals surface area contributed by atoms with Gasteiger partial charge in [0.15, 0.2) is 0 Å². The molecule has 0 saturated carbocycles. The van der Waals surface area contributed by atoms with Crippen molar-refractivity contribution in [3.63, 3.8) is 0 Å². The fraction of sp³-hybridized carbons (Fsp3) is 1.00. The van der Waals surface area contributed by atoms with Crippen LogP contribution in [-0.4, -0.2) is 18.1 Å². The molecule has 0 rings (SSSR count). The summed E-state index contributed by atoms with van der Waals surface area (Å²) in [6, 6.07) is 0. The molecule has 0 saturated heterocycles. The van der Waals surface area contributed by atoms with Crippen LogP contribution in [0.4, 0.5) is 13.2 Å². The van der Waals surface area contributed by atoms with Gasteiger partial charge < -0.3 is 0 Å². The summed E-state index contributed by atoms with van der Waals surface area (Å²) >= 11 is -1.30. The van der Waals surface area contributed by atoms with Crippen molar-refractivity contribution in [3.05, 3.63) is 0 Å². The monoisotopic (exact) mass is 197 g/mol. The summed E-state index contributed by atoms with van der Waals surface area (Å²) in [5.41, 5.74) is -5.40. The number of hydrogen-bond acceptors (Lipinski definition) is 3. The number of thiol groups is 1. The van der Waals surface area contributed by atoms with E-state index in [1.807, 2.05) is 0 Å². The second kappa shape index (κ2) is 2.84. The van der Waals surface area contributed by atoms with Crippen LogP contribution in [0.25, 0.3) is 0 Å². The van der Waals surface area contributed by atoms with Crippen molar-refractivity contribution in [2.75, 3.05) is 0 Å². The number of sulfonamides is 1. The molecule has 0 amide bonds. The molecule has 0 aliphatic rings. The first-order valence-corrected chi connectivity index (χ1v) is 4.01. The molecule has 0 aromatic rings. The van der Waals surface area contributed by atoms with E-state index in [1.54, 1.807) is 0 Å². The first-order valence-electron chi connectivity index (χ1n) is 1.71. The molecule has 0 radical (unpaired) electrons. The predicted molar refractivity (Wildman–Crippen MR) is 27.6 cm³/mol. The highest BCUT2D eigenvalue weighted by Crippen LogP contribution is 2.20. The summed E-state index contributed by atoms with van der Waals surface area (Å²) in [6.45, 7) is 0. The maximum Gasteiger partial charge on any atom is 0.512 e. The topological polar surface area (TPSA) is 63.2 Å². The third-order valence-corrected chi connectivity index (χ3v) is 2.33. The SMILES string of the molecule is O=[SH]NS(=O)(=O)C(F)(F)F. The fourth-order valence-corrected chi connectivity index (χ4v) is 0.907. The van der Waals surface area contributed by atoms with E-state index in [-0.39, 0.29) is 0 Å². The van der Waals surface area contributed by atoms with Crippen molar-refractivity contribution in [1.29, 1.82) is 0 Å². The summed E-state index contributed by atoms with van der Waals surface area (Å²) < 4.78 is 63.4. The maximum absolute atomic E-state index is 11.2. The molecule has 9 heteroatoms. The first kappa shape index (κ1) is 9.85.